The molecular formula is C29H35N3O3. The lowest BCUT2D eigenvalue weighted by Gasteiger charge is -2.28. The molecule has 0 saturated carbocycles. The van der Waals surface area contributed by atoms with Gasteiger partial charge in [-0.1, -0.05) is 61.9 Å². The van der Waals surface area contributed by atoms with Gasteiger partial charge in [-0.25, -0.2) is 0 Å². The number of ether oxygens (including phenoxy) is 1. The van der Waals surface area contributed by atoms with Crippen molar-refractivity contribution in [2.45, 2.75) is 58.7 Å². The summed E-state index contributed by atoms with van der Waals surface area (Å²) in [5.41, 5.74) is 4.13. The number of para-hydroxylation sites is 1. The Hall–Kier alpha value is -3.38. The number of carbonyl (C=O) groups excluding carboxylic acids is 2. The first-order chi connectivity index (χ1) is 17.0. The van der Waals surface area contributed by atoms with Crippen LogP contribution in [0.15, 0.2) is 54.6 Å². The minimum atomic E-state index is -0.592. The molecule has 1 heterocycles. The average Bonchev–Trinajstić information content (AvgIpc) is 2.99. The predicted octanol–water partition coefficient (Wildman–Crippen LogP) is 4.51. The number of methoxy groups -OCH3 is 1. The Balaban J connectivity index is 1.73. The standard InChI is InChI=1S/C29H35N3O3/c1-5-24(30-6-2)28(33)31-25-15-12-20-9-7-8-10-26(20)32(29(25)34)18-23-22-14-11-19(3)17-21(22)13-16-27(23)35-4/h7-11,13-14,16-17,24-25,30H,5-6,12,15,18H2,1-4H3,(H,31,33). The van der Waals surface area contributed by atoms with Crippen LogP contribution in [0.4, 0.5) is 5.69 Å². The van der Waals surface area contributed by atoms with Gasteiger partial charge in [0.1, 0.15) is 11.8 Å². The van der Waals surface area contributed by atoms with Gasteiger partial charge in [0.2, 0.25) is 11.8 Å². The summed E-state index contributed by atoms with van der Waals surface area (Å²) in [5, 5.41) is 8.42. The average molecular weight is 474 g/mol. The fraction of sp³-hybridized carbons (Fsp3) is 0.379. The minimum absolute atomic E-state index is 0.0965. The second-order valence-electron chi connectivity index (χ2n) is 9.14. The molecular weight excluding hydrogens is 438 g/mol. The third-order valence-corrected chi connectivity index (χ3v) is 6.82. The van der Waals surface area contributed by atoms with Crippen molar-refractivity contribution < 1.29 is 14.3 Å². The Morgan fingerprint density at radius 3 is 2.69 bits per heavy atom. The largest absolute Gasteiger partial charge is 0.496 e. The van der Waals surface area contributed by atoms with Crippen molar-refractivity contribution in [1.82, 2.24) is 10.6 Å². The molecule has 3 aromatic rings. The van der Waals surface area contributed by atoms with E-state index in [1.807, 2.05) is 43.0 Å². The third-order valence-electron chi connectivity index (χ3n) is 6.82. The maximum atomic E-state index is 14.0. The van der Waals surface area contributed by atoms with Crippen molar-refractivity contribution in [3.8, 4) is 5.75 Å². The highest BCUT2D eigenvalue weighted by Gasteiger charge is 2.33. The summed E-state index contributed by atoms with van der Waals surface area (Å²) in [6.45, 7) is 7.07. The van der Waals surface area contributed by atoms with E-state index in [1.54, 1.807) is 7.11 Å². The summed E-state index contributed by atoms with van der Waals surface area (Å²) in [6.07, 6.45) is 1.94. The molecule has 0 saturated heterocycles. The molecule has 6 heteroatoms. The number of nitrogens with zero attached hydrogens (tertiary/aromatic N) is 1. The first-order valence-corrected chi connectivity index (χ1v) is 12.5. The topological polar surface area (TPSA) is 70.7 Å². The molecule has 0 aliphatic carbocycles. The number of nitrogens with one attached hydrogen (secondary N) is 2. The van der Waals surface area contributed by atoms with Crippen LogP contribution in [0.3, 0.4) is 0 Å². The van der Waals surface area contributed by atoms with Gasteiger partial charge in [0, 0.05) is 11.3 Å². The lowest BCUT2D eigenvalue weighted by molar-refractivity contribution is -0.129. The highest BCUT2D eigenvalue weighted by Crippen LogP contribution is 2.34. The quantitative estimate of drug-likeness (QED) is 0.505. The van der Waals surface area contributed by atoms with E-state index in [-0.39, 0.29) is 17.9 Å². The lowest BCUT2D eigenvalue weighted by atomic mass is 10.0. The summed E-state index contributed by atoms with van der Waals surface area (Å²) < 4.78 is 5.73. The zero-order chi connectivity index (χ0) is 24.9. The van der Waals surface area contributed by atoms with Crippen molar-refractivity contribution in [3.05, 3.63) is 71.3 Å². The molecule has 0 radical (unpaired) electrons. The smallest absolute Gasteiger partial charge is 0.249 e. The molecule has 3 aromatic carbocycles. The number of hydrogen-bond acceptors (Lipinski definition) is 4. The predicted molar refractivity (Wildman–Crippen MR) is 141 cm³/mol. The highest BCUT2D eigenvalue weighted by molar-refractivity contribution is 6.01. The van der Waals surface area contributed by atoms with Crippen LogP contribution in [0, 0.1) is 6.92 Å². The lowest BCUT2D eigenvalue weighted by Crippen LogP contribution is -2.53. The summed E-state index contributed by atoms with van der Waals surface area (Å²) >= 11 is 0. The van der Waals surface area contributed by atoms with Crippen molar-refractivity contribution in [3.63, 3.8) is 0 Å². The third kappa shape index (κ3) is 5.17. The van der Waals surface area contributed by atoms with Crippen LogP contribution in [0.1, 0.15) is 43.4 Å². The first-order valence-electron chi connectivity index (χ1n) is 12.5. The summed E-state index contributed by atoms with van der Waals surface area (Å²) in [5.74, 6) is 0.521. The van der Waals surface area contributed by atoms with E-state index < -0.39 is 6.04 Å². The molecule has 35 heavy (non-hydrogen) atoms. The molecule has 2 unspecified atom stereocenters. The first kappa shape index (κ1) is 24.7. The fourth-order valence-electron chi connectivity index (χ4n) is 4.96. The van der Waals surface area contributed by atoms with Gasteiger partial charge in [-0.15, -0.1) is 0 Å². The molecule has 2 amide bonds. The molecule has 6 nitrogen and oxygen atoms in total. The van der Waals surface area contributed by atoms with Gasteiger partial charge in [0.15, 0.2) is 0 Å². The van der Waals surface area contributed by atoms with Gasteiger partial charge in [-0.3, -0.25) is 9.59 Å². The number of aryl methyl sites for hydroxylation is 2. The molecule has 0 bridgehead atoms. The van der Waals surface area contributed by atoms with Gasteiger partial charge in [-0.2, -0.15) is 0 Å². The second-order valence-corrected chi connectivity index (χ2v) is 9.14. The van der Waals surface area contributed by atoms with Crippen molar-refractivity contribution >= 4 is 28.3 Å². The Kier molecular flexibility index (Phi) is 7.71. The number of carbonyl (C=O) groups is 2. The van der Waals surface area contributed by atoms with Crippen LogP contribution in [-0.4, -0.2) is 37.6 Å². The van der Waals surface area contributed by atoms with Crippen LogP contribution in [0.25, 0.3) is 10.8 Å². The van der Waals surface area contributed by atoms with E-state index in [2.05, 4.69) is 47.9 Å². The highest BCUT2D eigenvalue weighted by atomic mass is 16.5. The Morgan fingerprint density at radius 2 is 1.94 bits per heavy atom. The minimum Gasteiger partial charge on any atom is -0.496 e. The summed E-state index contributed by atoms with van der Waals surface area (Å²) in [7, 11) is 1.66. The van der Waals surface area contributed by atoms with Crippen LogP contribution >= 0.6 is 0 Å². The zero-order valence-corrected chi connectivity index (χ0v) is 21.1. The van der Waals surface area contributed by atoms with Crippen LogP contribution in [0.5, 0.6) is 5.75 Å². The molecule has 0 aromatic heterocycles. The van der Waals surface area contributed by atoms with Crippen LogP contribution in [-0.2, 0) is 22.6 Å². The van der Waals surface area contributed by atoms with Gasteiger partial charge in [0.05, 0.1) is 19.7 Å². The number of fused-ring (bicyclic) bond motifs is 2. The molecule has 4 rings (SSSR count). The van der Waals surface area contributed by atoms with Gasteiger partial charge in [0.25, 0.3) is 0 Å². The van der Waals surface area contributed by atoms with E-state index in [0.717, 1.165) is 33.3 Å². The molecule has 0 fully saturated rings. The molecule has 1 aliphatic rings. The number of hydrogen-bond donors (Lipinski definition) is 2. The maximum absolute atomic E-state index is 14.0. The molecule has 2 atom stereocenters. The fourth-order valence-corrected chi connectivity index (χ4v) is 4.96. The van der Waals surface area contributed by atoms with E-state index >= 15 is 0 Å². The van der Waals surface area contributed by atoms with Crippen LogP contribution in [0.2, 0.25) is 0 Å². The molecule has 1 aliphatic heterocycles. The summed E-state index contributed by atoms with van der Waals surface area (Å²) in [6, 6.07) is 17.5. The number of rotatable bonds is 8. The van der Waals surface area contributed by atoms with Gasteiger partial charge >= 0.3 is 0 Å². The van der Waals surface area contributed by atoms with Crippen molar-refractivity contribution in [2.24, 2.45) is 0 Å². The Labute approximate surface area is 207 Å². The molecule has 2 N–H and O–H groups in total. The Morgan fingerprint density at radius 1 is 1.14 bits per heavy atom. The maximum Gasteiger partial charge on any atom is 0.249 e. The number of benzene rings is 3. The Bertz CT molecular complexity index is 1220. The van der Waals surface area contributed by atoms with E-state index in [1.165, 1.54) is 5.56 Å². The SMILES string of the molecule is CCNC(CC)C(=O)NC1CCc2ccccc2N(Cc2c(OC)ccc3cc(C)ccc23)C1=O. The van der Waals surface area contributed by atoms with Gasteiger partial charge < -0.3 is 20.3 Å². The van der Waals surface area contributed by atoms with Gasteiger partial charge in [-0.05, 0) is 61.2 Å². The van der Waals surface area contributed by atoms with E-state index in [4.69, 9.17) is 4.74 Å². The number of anilines is 1. The van der Waals surface area contributed by atoms with E-state index in [9.17, 15) is 9.59 Å². The zero-order valence-electron chi connectivity index (χ0n) is 21.1. The van der Waals surface area contributed by atoms with Crippen molar-refractivity contribution in [2.75, 3.05) is 18.6 Å². The molecule has 0 spiro atoms. The summed E-state index contributed by atoms with van der Waals surface area (Å²) in [4.78, 5) is 28.7. The van der Waals surface area contributed by atoms with Crippen LogP contribution < -0.4 is 20.3 Å². The monoisotopic (exact) mass is 473 g/mol. The van der Waals surface area contributed by atoms with E-state index in [0.29, 0.717) is 32.4 Å². The molecule has 184 valence electrons. The number of likely N-dealkylation sites (N-methyl/N-ethyl adjacent to an activating group) is 1. The van der Waals surface area contributed by atoms with Crippen molar-refractivity contribution in [1.29, 1.82) is 0 Å². The number of amides is 2. The second kappa shape index (κ2) is 10.9. The normalized spacial score (nSPS) is 16.5.